The summed E-state index contributed by atoms with van der Waals surface area (Å²) in [6.45, 7) is 0.359. The topological polar surface area (TPSA) is 80.6 Å². The molecule has 0 saturated carbocycles. The third kappa shape index (κ3) is 6.28. The lowest BCUT2D eigenvalue weighted by Gasteiger charge is -2.14. The first-order chi connectivity index (χ1) is 15.9. The highest BCUT2D eigenvalue weighted by molar-refractivity contribution is 9.10. The number of anilines is 1. The molecule has 0 aliphatic heterocycles. The van der Waals surface area contributed by atoms with Crippen LogP contribution in [0.1, 0.15) is 11.1 Å². The molecular weight excluding hydrogens is 508 g/mol. The van der Waals surface area contributed by atoms with E-state index < -0.39 is 5.91 Å². The molecule has 0 radical (unpaired) electrons. The minimum Gasteiger partial charge on any atom is -0.495 e. The molecule has 8 heteroatoms. The molecule has 3 aromatic rings. The first-order valence-electron chi connectivity index (χ1n) is 9.76. The summed E-state index contributed by atoms with van der Waals surface area (Å²) >= 11 is 9.51. The van der Waals surface area contributed by atoms with E-state index in [1.807, 2.05) is 36.4 Å². The summed E-state index contributed by atoms with van der Waals surface area (Å²) in [4.78, 5) is 12.7. The Balaban J connectivity index is 1.84. The summed E-state index contributed by atoms with van der Waals surface area (Å²) in [7, 11) is 3.00. The Morgan fingerprint density at radius 3 is 2.48 bits per heavy atom. The van der Waals surface area contributed by atoms with Gasteiger partial charge in [0.1, 0.15) is 24.0 Å². The number of carbonyl (C=O) groups excluding carboxylic acids is 1. The van der Waals surface area contributed by atoms with Crippen LogP contribution in [0.4, 0.5) is 5.69 Å². The Labute approximate surface area is 205 Å². The molecule has 3 aromatic carbocycles. The van der Waals surface area contributed by atoms with Crippen molar-refractivity contribution in [2.75, 3.05) is 19.5 Å². The van der Waals surface area contributed by atoms with Gasteiger partial charge < -0.3 is 19.5 Å². The molecule has 0 atom stereocenters. The van der Waals surface area contributed by atoms with Crippen molar-refractivity contribution in [3.63, 3.8) is 0 Å². The van der Waals surface area contributed by atoms with Gasteiger partial charge in [0.15, 0.2) is 11.5 Å². The van der Waals surface area contributed by atoms with Crippen LogP contribution in [0.5, 0.6) is 17.2 Å². The van der Waals surface area contributed by atoms with Crippen LogP contribution in [-0.2, 0) is 11.4 Å². The summed E-state index contributed by atoms with van der Waals surface area (Å²) in [5.41, 5.74) is 1.84. The highest BCUT2D eigenvalue weighted by atomic mass is 79.9. The van der Waals surface area contributed by atoms with E-state index in [-0.39, 0.29) is 5.57 Å². The Morgan fingerprint density at radius 1 is 1.09 bits per heavy atom. The molecule has 0 aliphatic carbocycles. The van der Waals surface area contributed by atoms with Gasteiger partial charge >= 0.3 is 0 Å². The molecule has 6 nitrogen and oxygen atoms in total. The van der Waals surface area contributed by atoms with Gasteiger partial charge in [-0.2, -0.15) is 5.26 Å². The highest BCUT2D eigenvalue weighted by Gasteiger charge is 2.16. The Kier molecular flexibility index (Phi) is 8.36. The van der Waals surface area contributed by atoms with Crippen LogP contribution in [0, 0.1) is 11.3 Å². The lowest BCUT2D eigenvalue weighted by Crippen LogP contribution is -2.14. The quantitative estimate of drug-likeness (QED) is 0.277. The maximum atomic E-state index is 12.7. The molecule has 0 bridgehead atoms. The lowest BCUT2D eigenvalue weighted by atomic mass is 10.1. The van der Waals surface area contributed by atoms with Gasteiger partial charge in [0.25, 0.3) is 5.91 Å². The van der Waals surface area contributed by atoms with Gasteiger partial charge in [0.05, 0.1) is 24.4 Å². The monoisotopic (exact) mass is 526 g/mol. The number of carbonyl (C=O) groups is 1. The molecule has 0 spiro atoms. The van der Waals surface area contributed by atoms with Gasteiger partial charge in [0.2, 0.25) is 0 Å². The molecule has 168 valence electrons. The molecule has 0 unspecified atom stereocenters. The summed E-state index contributed by atoms with van der Waals surface area (Å²) in [5, 5.41) is 12.7. The fourth-order valence-electron chi connectivity index (χ4n) is 2.98. The second kappa shape index (κ2) is 11.4. The van der Waals surface area contributed by atoms with Crippen molar-refractivity contribution >= 4 is 45.2 Å². The van der Waals surface area contributed by atoms with E-state index in [9.17, 15) is 10.1 Å². The van der Waals surface area contributed by atoms with Crippen molar-refractivity contribution in [1.82, 2.24) is 0 Å². The Hall–Kier alpha value is -3.47. The van der Waals surface area contributed by atoms with Gasteiger partial charge in [-0.3, -0.25) is 4.79 Å². The Bertz CT molecular complexity index is 1220. The fraction of sp³-hybridized carbons (Fsp3) is 0.120. The van der Waals surface area contributed by atoms with Crippen LogP contribution < -0.4 is 19.5 Å². The lowest BCUT2D eigenvalue weighted by molar-refractivity contribution is -0.112. The zero-order valence-electron chi connectivity index (χ0n) is 17.9. The number of rotatable bonds is 8. The van der Waals surface area contributed by atoms with Crippen LogP contribution in [0.2, 0.25) is 5.02 Å². The molecule has 0 aromatic heterocycles. The highest BCUT2D eigenvalue weighted by Crippen LogP contribution is 2.38. The van der Waals surface area contributed by atoms with Crippen LogP contribution >= 0.6 is 27.5 Å². The predicted molar refractivity (Wildman–Crippen MR) is 132 cm³/mol. The number of hydrogen-bond donors (Lipinski definition) is 1. The Morgan fingerprint density at radius 2 is 1.82 bits per heavy atom. The second-order valence-electron chi connectivity index (χ2n) is 6.78. The van der Waals surface area contributed by atoms with Gasteiger partial charge in [-0.1, -0.05) is 41.9 Å². The number of halogens is 2. The second-order valence-corrected chi connectivity index (χ2v) is 8.07. The standard InChI is InChI=1S/C25H20BrClN2O4/c1-31-22-9-8-19(27)13-21(22)29-25(30)18(14-28)10-17-11-20(26)24(23(12-17)32-2)33-15-16-6-4-3-5-7-16/h3-13H,15H2,1-2H3,(H,29,30)/b18-10+. The van der Waals surface area contributed by atoms with E-state index in [4.69, 9.17) is 25.8 Å². The number of benzene rings is 3. The summed E-state index contributed by atoms with van der Waals surface area (Å²) in [6, 6.07) is 19.9. The minimum absolute atomic E-state index is 0.107. The number of hydrogen-bond acceptors (Lipinski definition) is 5. The van der Waals surface area contributed by atoms with Gasteiger partial charge in [0, 0.05) is 5.02 Å². The first-order valence-corrected chi connectivity index (χ1v) is 10.9. The van der Waals surface area contributed by atoms with E-state index in [0.717, 1.165) is 5.56 Å². The molecule has 0 fully saturated rings. The van der Waals surface area contributed by atoms with Crippen LogP contribution in [-0.4, -0.2) is 20.1 Å². The SMILES string of the molecule is COc1ccc(Cl)cc1NC(=O)/C(C#N)=C/c1cc(Br)c(OCc2ccccc2)c(OC)c1. The average molecular weight is 528 g/mol. The summed E-state index contributed by atoms with van der Waals surface area (Å²) in [5.74, 6) is 0.804. The van der Waals surface area contributed by atoms with Crippen molar-refractivity contribution in [3.05, 3.63) is 86.9 Å². The number of nitriles is 1. The third-order valence-corrected chi connectivity index (χ3v) is 5.39. The smallest absolute Gasteiger partial charge is 0.266 e. The molecule has 0 aliphatic rings. The molecular formula is C25H20BrClN2O4. The number of methoxy groups -OCH3 is 2. The zero-order chi connectivity index (χ0) is 23.8. The first kappa shape index (κ1) is 24.2. The number of nitrogens with zero attached hydrogens (tertiary/aromatic N) is 1. The molecule has 3 rings (SSSR count). The zero-order valence-corrected chi connectivity index (χ0v) is 20.2. The maximum absolute atomic E-state index is 12.7. The van der Waals surface area contributed by atoms with Crippen LogP contribution in [0.3, 0.4) is 0 Å². The van der Waals surface area contributed by atoms with E-state index in [1.54, 1.807) is 30.3 Å². The summed E-state index contributed by atoms with van der Waals surface area (Å²) in [6.07, 6.45) is 1.46. The average Bonchev–Trinajstić information content (AvgIpc) is 2.82. The predicted octanol–water partition coefficient (Wildman–Crippen LogP) is 6.24. The normalized spacial score (nSPS) is 10.8. The minimum atomic E-state index is -0.599. The van der Waals surface area contributed by atoms with E-state index in [1.165, 1.54) is 20.3 Å². The van der Waals surface area contributed by atoms with Crippen LogP contribution in [0.15, 0.2) is 70.7 Å². The van der Waals surface area contributed by atoms with E-state index in [2.05, 4.69) is 21.2 Å². The van der Waals surface area contributed by atoms with Gasteiger partial charge in [-0.15, -0.1) is 0 Å². The molecule has 0 saturated heterocycles. The molecule has 1 N–H and O–H groups in total. The van der Waals surface area contributed by atoms with E-state index in [0.29, 0.717) is 44.6 Å². The van der Waals surface area contributed by atoms with Gasteiger partial charge in [-0.25, -0.2) is 0 Å². The van der Waals surface area contributed by atoms with Crippen LogP contribution in [0.25, 0.3) is 6.08 Å². The van der Waals surface area contributed by atoms with Crippen molar-refractivity contribution in [2.45, 2.75) is 6.61 Å². The number of amides is 1. The van der Waals surface area contributed by atoms with Gasteiger partial charge in [-0.05, 0) is 63.5 Å². The fourth-order valence-corrected chi connectivity index (χ4v) is 3.72. The van der Waals surface area contributed by atoms with Crippen molar-refractivity contribution in [3.8, 4) is 23.3 Å². The van der Waals surface area contributed by atoms with Crippen molar-refractivity contribution < 1.29 is 19.0 Å². The number of nitrogens with one attached hydrogen (secondary N) is 1. The van der Waals surface area contributed by atoms with Crippen molar-refractivity contribution in [1.29, 1.82) is 5.26 Å². The third-order valence-electron chi connectivity index (χ3n) is 4.56. The molecule has 1 amide bonds. The molecule has 0 heterocycles. The maximum Gasteiger partial charge on any atom is 0.266 e. The largest absolute Gasteiger partial charge is 0.495 e. The summed E-state index contributed by atoms with van der Waals surface area (Å²) < 4.78 is 17.3. The van der Waals surface area contributed by atoms with E-state index >= 15 is 0 Å². The number of ether oxygens (including phenoxy) is 3. The molecule has 33 heavy (non-hydrogen) atoms. The van der Waals surface area contributed by atoms with Crippen molar-refractivity contribution in [2.24, 2.45) is 0 Å².